The standard InChI is InChI=1S/C17H18BrNO6/c1-3-23-16(20)15-10(2)24-13-9-12(18)14(8-11(13)15)25-17(21)19-4-6-22-7-5-19/h8-9H,3-7H2,1-2H3. The number of carbonyl (C=O) groups is 2. The maximum absolute atomic E-state index is 12.3. The lowest BCUT2D eigenvalue weighted by molar-refractivity contribution is 0.0415. The second-order valence-electron chi connectivity index (χ2n) is 5.50. The van der Waals surface area contributed by atoms with E-state index in [1.165, 1.54) is 0 Å². The maximum atomic E-state index is 12.3. The van der Waals surface area contributed by atoms with Crippen molar-refractivity contribution < 1.29 is 28.2 Å². The van der Waals surface area contributed by atoms with Crippen molar-refractivity contribution >= 4 is 39.0 Å². The summed E-state index contributed by atoms with van der Waals surface area (Å²) in [6.07, 6.45) is -0.457. The fourth-order valence-corrected chi connectivity index (χ4v) is 3.06. The minimum atomic E-state index is -0.466. The van der Waals surface area contributed by atoms with E-state index in [0.717, 1.165) is 0 Å². The highest BCUT2D eigenvalue weighted by Crippen LogP contribution is 2.35. The number of nitrogens with zero attached hydrogens (tertiary/aromatic N) is 1. The third-order valence-electron chi connectivity index (χ3n) is 3.86. The number of ether oxygens (including phenoxy) is 3. The summed E-state index contributed by atoms with van der Waals surface area (Å²) in [5, 5.41) is 0.545. The van der Waals surface area contributed by atoms with E-state index >= 15 is 0 Å². The molecule has 1 aromatic heterocycles. The molecule has 0 spiro atoms. The predicted molar refractivity (Wildman–Crippen MR) is 93.0 cm³/mol. The molecule has 134 valence electrons. The average Bonchev–Trinajstić information content (AvgIpc) is 2.91. The Kier molecular flexibility index (Phi) is 5.29. The number of halogens is 1. The van der Waals surface area contributed by atoms with Crippen LogP contribution in [0.3, 0.4) is 0 Å². The first-order valence-corrected chi connectivity index (χ1v) is 8.74. The van der Waals surface area contributed by atoms with Gasteiger partial charge in [0.15, 0.2) is 0 Å². The van der Waals surface area contributed by atoms with Gasteiger partial charge in [0, 0.05) is 18.5 Å². The minimum absolute atomic E-state index is 0.264. The summed E-state index contributed by atoms with van der Waals surface area (Å²) in [7, 11) is 0. The first kappa shape index (κ1) is 17.8. The zero-order chi connectivity index (χ0) is 18.0. The molecule has 1 aliphatic rings. The summed E-state index contributed by atoms with van der Waals surface area (Å²) in [4.78, 5) is 26.1. The Morgan fingerprint density at radius 1 is 1.28 bits per heavy atom. The van der Waals surface area contributed by atoms with E-state index in [2.05, 4.69) is 15.9 Å². The van der Waals surface area contributed by atoms with Gasteiger partial charge in [-0.05, 0) is 41.9 Å². The molecule has 0 N–H and O–H groups in total. The van der Waals surface area contributed by atoms with Gasteiger partial charge in [-0.1, -0.05) is 0 Å². The fourth-order valence-electron chi connectivity index (χ4n) is 2.66. The van der Waals surface area contributed by atoms with Crippen LogP contribution in [0, 0.1) is 6.92 Å². The summed E-state index contributed by atoms with van der Waals surface area (Å²) in [6.45, 7) is 5.64. The molecule has 0 unspecified atom stereocenters. The maximum Gasteiger partial charge on any atom is 0.415 e. The number of aryl methyl sites for hydroxylation is 1. The number of hydrogen-bond donors (Lipinski definition) is 0. The lowest BCUT2D eigenvalue weighted by Gasteiger charge is -2.26. The van der Waals surface area contributed by atoms with Crippen LogP contribution < -0.4 is 4.74 Å². The van der Waals surface area contributed by atoms with Gasteiger partial charge in [0.05, 0.1) is 24.3 Å². The largest absolute Gasteiger partial charge is 0.462 e. The molecule has 1 aromatic carbocycles. The van der Waals surface area contributed by atoms with Gasteiger partial charge in [-0.3, -0.25) is 0 Å². The Labute approximate surface area is 152 Å². The van der Waals surface area contributed by atoms with Crippen molar-refractivity contribution in [1.29, 1.82) is 0 Å². The van der Waals surface area contributed by atoms with Gasteiger partial charge in [0.2, 0.25) is 0 Å². The molecule has 0 bridgehead atoms. The molecular formula is C17H18BrNO6. The lowest BCUT2D eigenvalue weighted by Crippen LogP contribution is -2.42. The van der Waals surface area contributed by atoms with Crippen LogP contribution in [0.2, 0.25) is 0 Å². The molecule has 8 heteroatoms. The molecule has 0 aliphatic carbocycles. The topological polar surface area (TPSA) is 78.2 Å². The molecule has 0 saturated carbocycles. The van der Waals surface area contributed by atoms with Crippen LogP contribution in [-0.2, 0) is 9.47 Å². The van der Waals surface area contributed by atoms with Gasteiger partial charge in [-0.15, -0.1) is 0 Å². The number of benzene rings is 1. The molecule has 1 aliphatic heterocycles. The van der Waals surface area contributed by atoms with E-state index in [4.69, 9.17) is 18.6 Å². The van der Waals surface area contributed by atoms with Crippen molar-refractivity contribution in [2.24, 2.45) is 0 Å². The van der Waals surface area contributed by atoms with Crippen LogP contribution in [0.1, 0.15) is 23.0 Å². The monoisotopic (exact) mass is 411 g/mol. The Hall–Kier alpha value is -2.06. The third-order valence-corrected chi connectivity index (χ3v) is 4.48. The molecule has 1 fully saturated rings. The molecule has 1 saturated heterocycles. The average molecular weight is 412 g/mol. The van der Waals surface area contributed by atoms with Gasteiger partial charge in [0.25, 0.3) is 0 Å². The summed E-state index contributed by atoms with van der Waals surface area (Å²) < 4.78 is 22.0. The third kappa shape index (κ3) is 3.64. The van der Waals surface area contributed by atoms with Gasteiger partial charge in [-0.25, -0.2) is 9.59 Å². The van der Waals surface area contributed by atoms with Gasteiger partial charge in [0.1, 0.15) is 22.7 Å². The Balaban J connectivity index is 1.92. The minimum Gasteiger partial charge on any atom is -0.462 e. The number of amides is 1. The number of hydrogen-bond acceptors (Lipinski definition) is 6. The second kappa shape index (κ2) is 7.45. The van der Waals surface area contributed by atoms with Crippen molar-refractivity contribution in [3.05, 3.63) is 27.9 Å². The molecule has 0 radical (unpaired) electrons. The van der Waals surface area contributed by atoms with Crippen LogP contribution in [0.25, 0.3) is 11.0 Å². The van der Waals surface area contributed by atoms with Gasteiger partial charge in [-0.2, -0.15) is 0 Å². The normalized spacial score (nSPS) is 14.6. The van der Waals surface area contributed by atoms with Crippen molar-refractivity contribution in [3.63, 3.8) is 0 Å². The Morgan fingerprint density at radius 2 is 2.00 bits per heavy atom. The molecule has 7 nitrogen and oxygen atoms in total. The number of carbonyl (C=O) groups excluding carboxylic acids is 2. The number of morpholine rings is 1. The Morgan fingerprint density at radius 3 is 2.68 bits per heavy atom. The van der Waals surface area contributed by atoms with Gasteiger partial charge >= 0.3 is 12.1 Å². The number of esters is 1. The summed E-state index contributed by atoms with van der Waals surface area (Å²) in [5.41, 5.74) is 0.853. The van der Waals surface area contributed by atoms with Crippen LogP contribution >= 0.6 is 15.9 Å². The van der Waals surface area contributed by atoms with E-state index in [1.807, 2.05) is 0 Å². The lowest BCUT2D eigenvalue weighted by atomic mass is 10.1. The quantitative estimate of drug-likeness (QED) is 0.719. The highest BCUT2D eigenvalue weighted by Gasteiger charge is 2.24. The number of rotatable bonds is 3. The SMILES string of the molecule is CCOC(=O)c1c(C)oc2cc(Br)c(OC(=O)N3CCOCC3)cc12. The summed E-state index contributed by atoms with van der Waals surface area (Å²) in [5.74, 6) is 0.305. The van der Waals surface area contributed by atoms with Gasteiger partial charge < -0.3 is 23.5 Å². The highest BCUT2D eigenvalue weighted by molar-refractivity contribution is 9.10. The molecule has 1 amide bonds. The zero-order valence-corrected chi connectivity index (χ0v) is 15.6. The smallest absolute Gasteiger partial charge is 0.415 e. The van der Waals surface area contributed by atoms with Crippen molar-refractivity contribution in [1.82, 2.24) is 4.90 Å². The summed E-state index contributed by atoms with van der Waals surface area (Å²) in [6, 6.07) is 3.29. The van der Waals surface area contributed by atoms with E-state index < -0.39 is 12.1 Å². The Bertz CT molecular complexity index is 809. The van der Waals surface area contributed by atoms with E-state index in [0.29, 0.717) is 58.8 Å². The van der Waals surface area contributed by atoms with Crippen molar-refractivity contribution in [3.8, 4) is 5.75 Å². The second-order valence-corrected chi connectivity index (χ2v) is 6.35. The first-order chi connectivity index (χ1) is 12.0. The van der Waals surface area contributed by atoms with Crippen LogP contribution in [0.5, 0.6) is 5.75 Å². The predicted octanol–water partition coefficient (Wildman–Crippen LogP) is 3.51. The van der Waals surface area contributed by atoms with E-state index in [1.54, 1.807) is 30.9 Å². The molecule has 25 heavy (non-hydrogen) atoms. The van der Waals surface area contributed by atoms with Crippen molar-refractivity contribution in [2.45, 2.75) is 13.8 Å². The van der Waals surface area contributed by atoms with Crippen LogP contribution in [0.15, 0.2) is 21.0 Å². The molecule has 0 atom stereocenters. The van der Waals surface area contributed by atoms with Crippen molar-refractivity contribution in [2.75, 3.05) is 32.9 Å². The molecule has 3 rings (SSSR count). The zero-order valence-electron chi connectivity index (χ0n) is 14.0. The molecule has 2 aromatic rings. The van der Waals surface area contributed by atoms with Crippen LogP contribution in [-0.4, -0.2) is 49.9 Å². The van der Waals surface area contributed by atoms with Crippen LogP contribution in [0.4, 0.5) is 4.79 Å². The van der Waals surface area contributed by atoms with E-state index in [-0.39, 0.29) is 6.61 Å². The fraction of sp³-hybridized carbons (Fsp3) is 0.412. The highest BCUT2D eigenvalue weighted by atomic mass is 79.9. The number of furan rings is 1. The molecule has 2 heterocycles. The van der Waals surface area contributed by atoms with E-state index in [9.17, 15) is 9.59 Å². The first-order valence-electron chi connectivity index (χ1n) is 7.95. The summed E-state index contributed by atoms with van der Waals surface area (Å²) >= 11 is 3.37. The molecular weight excluding hydrogens is 394 g/mol. The number of fused-ring (bicyclic) bond motifs is 1.